The first kappa shape index (κ1) is 11.8. The monoisotopic (exact) mass is 281 g/mol. The SMILES string of the molecule is Fc1cccc(F)c1Nc1nc(Cl)nc2[nH]ncc12. The van der Waals surface area contributed by atoms with E-state index in [-0.39, 0.29) is 16.8 Å². The molecule has 1 aromatic carbocycles. The van der Waals surface area contributed by atoms with Crippen molar-refractivity contribution in [2.75, 3.05) is 5.32 Å². The lowest BCUT2D eigenvalue weighted by Crippen LogP contribution is -2.00. The molecule has 2 aromatic heterocycles. The summed E-state index contributed by atoms with van der Waals surface area (Å²) in [4.78, 5) is 7.79. The quantitative estimate of drug-likeness (QED) is 0.709. The molecule has 0 amide bonds. The highest BCUT2D eigenvalue weighted by Crippen LogP contribution is 2.26. The number of nitrogens with one attached hydrogen (secondary N) is 2. The highest BCUT2D eigenvalue weighted by molar-refractivity contribution is 6.28. The van der Waals surface area contributed by atoms with E-state index < -0.39 is 11.6 Å². The predicted octanol–water partition coefficient (Wildman–Crippen LogP) is 3.03. The number of nitrogens with zero attached hydrogens (tertiary/aromatic N) is 3. The third kappa shape index (κ3) is 2.08. The zero-order chi connectivity index (χ0) is 13.4. The fraction of sp³-hybridized carbons (Fsp3) is 0. The number of anilines is 2. The number of hydrogen-bond donors (Lipinski definition) is 2. The van der Waals surface area contributed by atoms with Gasteiger partial charge >= 0.3 is 0 Å². The van der Waals surface area contributed by atoms with E-state index >= 15 is 0 Å². The third-order valence-electron chi connectivity index (χ3n) is 2.49. The molecule has 19 heavy (non-hydrogen) atoms. The van der Waals surface area contributed by atoms with Crippen LogP contribution in [0.4, 0.5) is 20.3 Å². The van der Waals surface area contributed by atoms with Crippen molar-refractivity contribution in [3.8, 4) is 0 Å². The Bertz CT molecular complexity index is 738. The Morgan fingerprint density at radius 2 is 1.89 bits per heavy atom. The Morgan fingerprint density at radius 1 is 1.16 bits per heavy atom. The summed E-state index contributed by atoms with van der Waals surface area (Å²) in [6.07, 6.45) is 1.44. The van der Waals surface area contributed by atoms with Gasteiger partial charge in [-0.3, -0.25) is 5.10 Å². The summed E-state index contributed by atoms with van der Waals surface area (Å²) < 4.78 is 27.1. The zero-order valence-corrected chi connectivity index (χ0v) is 10.0. The molecule has 2 heterocycles. The minimum atomic E-state index is -0.730. The molecule has 0 fully saturated rings. The summed E-state index contributed by atoms with van der Waals surface area (Å²) in [6, 6.07) is 3.55. The minimum Gasteiger partial charge on any atom is -0.335 e. The molecule has 0 saturated carbocycles. The van der Waals surface area contributed by atoms with Crippen LogP contribution in [0, 0.1) is 11.6 Å². The fourth-order valence-corrected chi connectivity index (χ4v) is 1.81. The van der Waals surface area contributed by atoms with Gasteiger partial charge in [0.1, 0.15) is 23.1 Å². The largest absolute Gasteiger partial charge is 0.335 e. The van der Waals surface area contributed by atoms with E-state index in [4.69, 9.17) is 11.6 Å². The normalized spacial score (nSPS) is 10.9. The smallest absolute Gasteiger partial charge is 0.226 e. The third-order valence-corrected chi connectivity index (χ3v) is 2.66. The van der Waals surface area contributed by atoms with E-state index in [0.29, 0.717) is 11.0 Å². The van der Waals surface area contributed by atoms with Crippen LogP contribution >= 0.6 is 11.6 Å². The van der Waals surface area contributed by atoms with Gasteiger partial charge in [-0.2, -0.15) is 15.1 Å². The van der Waals surface area contributed by atoms with Crippen molar-refractivity contribution in [1.82, 2.24) is 20.2 Å². The lowest BCUT2D eigenvalue weighted by Gasteiger charge is -2.08. The maximum Gasteiger partial charge on any atom is 0.226 e. The zero-order valence-electron chi connectivity index (χ0n) is 9.28. The molecule has 0 bridgehead atoms. The molecule has 0 aliphatic rings. The summed E-state index contributed by atoms with van der Waals surface area (Å²) in [5.41, 5.74) is 0.0685. The summed E-state index contributed by atoms with van der Waals surface area (Å²) in [5.74, 6) is -1.29. The number of halogens is 3. The lowest BCUT2D eigenvalue weighted by atomic mass is 10.3. The van der Waals surface area contributed by atoms with Gasteiger partial charge in [-0.05, 0) is 23.7 Å². The molecule has 0 aliphatic heterocycles. The number of rotatable bonds is 2. The number of benzene rings is 1. The summed E-state index contributed by atoms with van der Waals surface area (Å²) in [7, 11) is 0. The fourth-order valence-electron chi connectivity index (χ4n) is 1.64. The molecule has 3 rings (SSSR count). The molecule has 0 atom stereocenters. The van der Waals surface area contributed by atoms with Crippen molar-refractivity contribution in [1.29, 1.82) is 0 Å². The van der Waals surface area contributed by atoms with Crippen LogP contribution in [0.2, 0.25) is 5.28 Å². The minimum absolute atomic E-state index is 0.0593. The van der Waals surface area contributed by atoms with Crippen molar-refractivity contribution >= 4 is 34.1 Å². The van der Waals surface area contributed by atoms with E-state index in [2.05, 4.69) is 25.5 Å². The van der Waals surface area contributed by atoms with Crippen molar-refractivity contribution in [2.24, 2.45) is 0 Å². The van der Waals surface area contributed by atoms with Gasteiger partial charge in [-0.15, -0.1) is 0 Å². The van der Waals surface area contributed by atoms with Crippen molar-refractivity contribution < 1.29 is 8.78 Å². The van der Waals surface area contributed by atoms with Crippen LogP contribution in [-0.4, -0.2) is 20.2 Å². The lowest BCUT2D eigenvalue weighted by molar-refractivity contribution is 0.590. The standard InChI is InChI=1S/C11H6ClF2N5/c12-11-17-9(5-4-15-19-10(5)18-11)16-8-6(13)2-1-3-7(8)14/h1-4H,(H2,15,16,17,18,19). The Kier molecular flexibility index (Phi) is 2.75. The molecular formula is C11H6ClF2N5. The number of fused-ring (bicyclic) bond motifs is 1. The van der Waals surface area contributed by atoms with Crippen LogP contribution in [0.25, 0.3) is 11.0 Å². The molecule has 2 N–H and O–H groups in total. The first-order valence-electron chi connectivity index (χ1n) is 5.23. The number of para-hydroxylation sites is 1. The van der Waals surface area contributed by atoms with Crippen molar-refractivity contribution in [3.05, 3.63) is 41.3 Å². The molecular weight excluding hydrogens is 276 g/mol. The average molecular weight is 282 g/mol. The van der Waals surface area contributed by atoms with Crippen LogP contribution < -0.4 is 5.32 Å². The van der Waals surface area contributed by atoms with E-state index in [1.165, 1.54) is 12.3 Å². The molecule has 0 unspecified atom stereocenters. The van der Waals surface area contributed by atoms with Gasteiger partial charge in [-0.25, -0.2) is 8.78 Å². The van der Waals surface area contributed by atoms with Crippen molar-refractivity contribution in [2.45, 2.75) is 0 Å². The molecule has 0 spiro atoms. The first-order valence-corrected chi connectivity index (χ1v) is 5.60. The molecule has 5 nitrogen and oxygen atoms in total. The van der Waals surface area contributed by atoms with Crippen LogP contribution in [0.15, 0.2) is 24.4 Å². The van der Waals surface area contributed by atoms with Crippen LogP contribution in [-0.2, 0) is 0 Å². The Balaban J connectivity index is 2.13. The summed E-state index contributed by atoms with van der Waals surface area (Å²) in [6.45, 7) is 0. The molecule has 0 aliphatic carbocycles. The van der Waals surface area contributed by atoms with Gasteiger partial charge in [0.25, 0.3) is 0 Å². The summed E-state index contributed by atoms with van der Waals surface area (Å²) >= 11 is 5.73. The topological polar surface area (TPSA) is 66.5 Å². The van der Waals surface area contributed by atoms with Crippen LogP contribution in [0.1, 0.15) is 0 Å². The molecule has 3 aromatic rings. The second-order valence-corrected chi connectivity index (χ2v) is 4.03. The highest BCUT2D eigenvalue weighted by atomic mass is 35.5. The van der Waals surface area contributed by atoms with Gasteiger partial charge in [0.15, 0.2) is 5.65 Å². The highest BCUT2D eigenvalue weighted by Gasteiger charge is 2.13. The maximum atomic E-state index is 13.6. The van der Waals surface area contributed by atoms with E-state index in [0.717, 1.165) is 12.1 Å². The predicted molar refractivity (Wildman–Crippen MR) is 66.3 cm³/mol. The second-order valence-electron chi connectivity index (χ2n) is 3.70. The molecule has 8 heteroatoms. The first-order chi connectivity index (χ1) is 9.15. The number of hydrogen-bond acceptors (Lipinski definition) is 4. The second kappa shape index (κ2) is 4.43. The maximum absolute atomic E-state index is 13.6. The Labute approximate surface area is 110 Å². The number of aromatic nitrogens is 4. The molecule has 0 saturated heterocycles. The average Bonchev–Trinajstić information content (AvgIpc) is 2.81. The van der Waals surface area contributed by atoms with E-state index in [9.17, 15) is 8.78 Å². The van der Waals surface area contributed by atoms with Gasteiger partial charge in [-0.1, -0.05) is 6.07 Å². The van der Waals surface area contributed by atoms with Crippen molar-refractivity contribution in [3.63, 3.8) is 0 Å². The number of aromatic amines is 1. The summed E-state index contributed by atoms with van der Waals surface area (Å²) in [5, 5.41) is 9.36. The van der Waals surface area contributed by atoms with Gasteiger partial charge in [0, 0.05) is 0 Å². The molecule has 96 valence electrons. The Morgan fingerprint density at radius 3 is 2.63 bits per heavy atom. The van der Waals surface area contributed by atoms with Crippen LogP contribution in [0.5, 0.6) is 0 Å². The van der Waals surface area contributed by atoms with E-state index in [1.54, 1.807) is 0 Å². The van der Waals surface area contributed by atoms with Gasteiger partial charge < -0.3 is 5.32 Å². The van der Waals surface area contributed by atoms with E-state index in [1.807, 2.05) is 0 Å². The molecule has 0 radical (unpaired) electrons. The van der Waals surface area contributed by atoms with Gasteiger partial charge in [0.2, 0.25) is 5.28 Å². The number of H-pyrrole nitrogens is 1. The van der Waals surface area contributed by atoms with Crippen LogP contribution in [0.3, 0.4) is 0 Å². The Hall–Kier alpha value is -2.28. The van der Waals surface area contributed by atoms with Gasteiger partial charge in [0.05, 0.1) is 11.6 Å².